The SMILES string of the molecule is Cc1cc(Br)ccc1C(=O)N1CC(O)CC1CN(C)C. The highest BCUT2D eigenvalue weighted by atomic mass is 79.9. The van der Waals surface area contributed by atoms with Crippen molar-refractivity contribution in [2.45, 2.75) is 25.5 Å². The summed E-state index contributed by atoms with van der Waals surface area (Å²) in [6.07, 6.45) is 0.235. The first kappa shape index (κ1) is 15.5. The molecule has 1 aromatic carbocycles. The minimum absolute atomic E-state index is 0.0124. The van der Waals surface area contributed by atoms with Gasteiger partial charge in [-0.15, -0.1) is 0 Å². The summed E-state index contributed by atoms with van der Waals surface area (Å²) in [6.45, 7) is 3.14. The molecule has 2 atom stereocenters. The maximum Gasteiger partial charge on any atom is 0.254 e. The zero-order valence-electron chi connectivity index (χ0n) is 12.1. The number of carbonyl (C=O) groups is 1. The lowest BCUT2D eigenvalue weighted by Gasteiger charge is -2.27. The van der Waals surface area contributed by atoms with Gasteiger partial charge >= 0.3 is 0 Å². The van der Waals surface area contributed by atoms with Gasteiger partial charge in [0.25, 0.3) is 5.91 Å². The third-order valence-corrected chi connectivity index (χ3v) is 4.14. The van der Waals surface area contributed by atoms with Gasteiger partial charge < -0.3 is 14.9 Å². The zero-order valence-corrected chi connectivity index (χ0v) is 13.7. The van der Waals surface area contributed by atoms with Gasteiger partial charge in [-0.3, -0.25) is 4.79 Å². The number of aryl methyl sites for hydroxylation is 1. The monoisotopic (exact) mass is 340 g/mol. The molecular weight excluding hydrogens is 320 g/mol. The van der Waals surface area contributed by atoms with Crippen LogP contribution in [0.4, 0.5) is 0 Å². The van der Waals surface area contributed by atoms with E-state index in [9.17, 15) is 9.90 Å². The molecule has 0 saturated carbocycles. The van der Waals surface area contributed by atoms with Crippen molar-refractivity contribution in [1.82, 2.24) is 9.80 Å². The summed E-state index contributed by atoms with van der Waals surface area (Å²) in [6, 6.07) is 5.75. The van der Waals surface area contributed by atoms with Crippen LogP contribution >= 0.6 is 15.9 Å². The Hall–Kier alpha value is -0.910. The van der Waals surface area contributed by atoms with E-state index in [1.54, 1.807) is 4.90 Å². The fourth-order valence-electron chi connectivity index (χ4n) is 2.76. The van der Waals surface area contributed by atoms with Crippen LogP contribution < -0.4 is 0 Å². The summed E-state index contributed by atoms with van der Waals surface area (Å²) in [7, 11) is 3.97. The van der Waals surface area contributed by atoms with Gasteiger partial charge in [-0.1, -0.05) is 15.9 Å². The van der Waals surface area contributed by atoms with Crippen LogP contribution in [0.5, 0.6) is 0 Å². The van der Waals surface area contributed by atoms with Crippen molar-refractivity contribution in [1.29, 1.82) is 0 Å². The van der Waals surface area contributed by atoms with Crippen molar-refractivity contribution < 1.29 is 9.90 Å². The Bertz CT molecular complexity index is 505. The normalized spacial score (nSPS) is 22.6. The molecule has 0 radical (unpaired) electrons. The molecule has 1 saturated heterocycles. The van der Waals surface area contributed by atoms with Crippen LogP contribution in [0.15, 0.2) is 22.7 Å². The lowest BCUT2D eigenvalue weighted by molar-refractivity contribution is 0.0698. The number of hydrogen-bond acceptors (Lipinski definition) is 3. The molecule has 1 aromatic rings. The predicted molar refractivity (Wildman–Crippen MR) is 82.9 cm³/mol. The second kappa shape index (κ2) is 6.24. The van der Waals surface area contributed by atoms with Crippen molar-refractivity contribution in [3.05, 3.63) is 33.8 Å². The molecule has 1 N–H and O–H groups in total. The van der Waals surface area contributed by atoms with Crippen LogP contribution in [-0.2, 0) is 0 Å². The highest BCUT2D eigenvalue weighted by Crippen LogP contribution is 2.24. The smallest absolute Gasteiger partial charge is 0.254 e. The molecule has 1 aliphatic heterocycles. The van der Waals surface area contributed by atoms with Crippen molar-refractivity contribution >= 4 is 21.8 Å². The molecule has 0 aliphatic carbocycles. The Morgan fingerprint density at radius 3 is 2.80 bits per heavy atom. The summed E-state index contributed by atoms with van der Waals surface area (Å²) < 4.78 is 0.970. The Kier molecular flexibility index (Phi) is 4.83. The van der Waals surface area contributed by atoms with Crippen LogP contribution in [-0.4, -0.2) is 60.1 Å². The van der Waals surface area contributed by atoms with E-state index in [0.29, 0.717) is 18.5 Å². The topological polar surface area (TPSA) is 43.8 Å². The Labute approximate surface area is 128 Å². The molecule has 4 nitrogen and oxygen atoms in total. The second-order valence-electron chi connectivity index (χ2n) is 5.72. The number of aliphatic hydroxyl groups is 1. The third-order valence-electron chi connectivity index (χ3n) is 3.65. The van der Waals surface area contributed by atoms with E-state index in [4.69, 9.17) is 0 Å². The lowest BCUT2D eigenvalue weighted by Crippen LogP contribution is -2.41. The van der Waals surface area contributed by atoms with E-state index in [1.165, 1.54) is 0 Å². The average Bonchev–Trinajstić information content (AvgIpc) is 2.68. The van der Waals surface area contributed by atoms with E-state index in [1.807, 2.05) is 39.2 Å². The van der Waals surface area contributed by atoms with Crippen molar-refractivity contribution in [2.75, 3.05) is 27.2 Å². The van der Waals surface area contributed by atoms with Crippen molar-refractivity contribution in [2.24, 2.45) is 0 Å². The molecule has 1 amide bonds. The van der Waals surface area contributed by atoms with E-state index in [2.05, 4.69) is 20.8 Å². The highest BCUT2D eigenvalue weighted by molar-refractivity contribution is 9.10. The molecule has 2 rings (SSSR count). The molecule has 0 bridgehead atoms. The summed E-state index contributed by atoms with van der Waals surface area (Å²) in [4.78, 5) is 16.6. The van der Waals surface area contributed by atoms with Gasteiger partial charge in [0.1, 0.15) is 0 Å². The molecule has 1 fully saturated rings. The third kappa shape index (κ3) is 3.40. The first-order chi connectivity index (χ1) is 9.38. The minimum atomic E-state index is -0.417. The number of likely N-dealkylation sites (tertiary alicyclic amines) is 1. The maximum absolute atomic E-state index is 12.7. The van der Waals surface area contributed by atoms with E-state index in [0.717, 1.165) is 16.6 Å². The molecule has 1 aliphatic rings. The second-order valence-corrected chi connectivity index (χ2v) is 6.64. The van der Waals surface area contributed by atoms with Gasteiger partial charge in [0.2, 0.25) is 0 Å². The fourth-order valence-corrected chi connectivity index (χ4v) is 3.23. The molecule has 5 heteroatoms. The molecular formula is C15H21BrN2O2. The number of amides is 1. The molecule has 0 aromatic heterocycles. The Balaban J connectivity index is 2.22. The van der Waals surface area contributed by atoms with Crippen molar-refractivity contribution in [3.63, 3.8) is 0 Å². The molecule has 0 spiro atoms. The first-order valence-electron chi connectivity index (χ1n) is 6.78. The van der Waals surface area contributed by atoms with Crippen LogP contribution in [0.1, 0.15) is 22.3 Å². The van der Waals surface area contributed by atoms with Gasteiger partial charge in [0, 0.05) is 29.2 Å². The Morgan fingerprint density at radius 2 is 2.20 bits per heavy atom. The minimum Gasteiger partial charge on any atom is -0.391 e. The Morgan fingerprint density at radius 1 is 1.50 bits per heavy atom. The van der Waals surface area contributed by atoms with Gasteiger partial charge in [-0.2, -0.15) is 0 Å². The number of rotatable bonds is 3. The predicted octanol–water partition coefficient (Wildman–Crippen LogP) is 1.89. The van der Waals surface area contributed by atoms with Gasteiger partial charge in [0.15, 0.2) is 0 Å². The largest absolute Gasteiger partial charge is 0.391 e. The van der Waals surface area contributed by atoms with Crippen LogP contribution in [0, 0.1) is 6.92 Å². The number of halogens is 1. The highest BCUT2D eigenvalue weighted by Gasteiger charge is 2.35. The quantitative estimate of drug-likeness (QED) is 0.913. The summed E-state index contributed by atoms with van der Waals surface area (Å²) in [5.74, 6) is 0.0124. The van der Waals surface area contributed by atoms with Gasteiger partial charge in [0.05, 0.1) is 6.10 Å². The molecule has 20 heavy (non-hydrogen) atoms. The van der Waals surface area contributed by atoms with Gasteiger partial charge in [-0.05, 0) is 51.2 Å². The van der Waals surface area contributed by atoms with Gasteiger partial charge in [-0.25, -0.2) is 0 Å². The molecule has 110 valence electrons. The number of nitrogens with zero attached hydrogens (tertiary/aromatic N) is 2. The number of aliphatic hydroxyl groups excluding tert-OH is 1. The van der Waals surface area contributed by atoms with E-state index < -0.39 is 6.10 Å². The lowest BCUT2D eigenvalue weighted by atomic mass is 10.1. The number of β-amino-alcohol motifs (C(OH)–C–C–N with tert-alkyl or cyclic N) is 1. The number of hydrogen-bond donors (Lipinski definition) is 1. The standard InChI is InChI=1S/C15H21BrN2O2/c1-10-6-11(16)4-5-14(10)15(20)18-9-13(19)7-12(18)8-17(2)3/h4-6,12-13,19H,7-9H2,1-3H3. The zero-order chi connectivity index (χ0) is 14.9. The molecule has 2 unspecified atom stereocenters. The average molecular weight is 341 g/mol. The van der Waals surface area contributed by atoms with E-state index >= 15 is 0 Å². The number of carbonyl (C=O) groups excluding carboxylic acids is 1. The number of likely N-dealkylation sites (N-methyl/N-ethyl adjacent to an activating group) is 1. The first-order valence-corrected chi connectivity index (χ1v) is 7.57. The molecule has 1 heterocycles. The number of benzene rings is 1. The summed E-state index contributed by atoms with van der Waals surface area (Å²) in [5, 5.41) is 9.87. The van der Waals surface area contributed by atoms with E-state index in [-0.39, 0.29) is 11.9 Å². The maximum atomic E-state index is 12.7. The fraction of sp³-hybridized carbons (Fsp3) is 0.533. The van der Waals surface area contributed by atoms with Crippen LogP contribution in [0.3, 0.4) is 0 Å². The van der Waals surface area contributed by atoms with Crippen LogP contribution in [0.25, 0.3) is 0 Å². The van der Waals surface area contributed by atoms with Crippen LogP contribution in [0.2, 0.25) is 0 Å². The van der Waals surface area contributed by atoms with Crippen molar-refractivity contribution in [3.8, 4) is 0 Å². The summed E-state index contributed by atoms with van der Waals surface area (Å²) in [5.41, 5.74) is 1.67. The summed E-state index contributed by atoms with van der Waals surface area (Å²) >= 11 is 3.41.